The van der Waals surface area contributed by atoms with Crippen molar-refractivity contribution in [1.29, 1.82) is 0 Å². The number of para-hydroxylation sites is 1. The Morgan fingerprint density at radius 2 is 1.64 bits per heavy atom. The molecule has 5 rings (SSSR count). The highest BCUT2D eigenvalue weighted by atomic mass is 31.2. The van der Waals surface area contributed by atoms with Gasteiger partial charge in [0.05, 0.1) is 0 Å². The van der Waals surface area contributed by atoms with Crippen LogP contribution in [0.5, 0.6) is 0 Å². The minimum atomic E-state index is -1.75. The highest BCUT2D eigenvalue weighted by Crippen LogP contribution is 2.85. The van der Waals surface area contributed by atoms with E-state index in [9.17, 15) is 0 Å². The Bertz CT molecular complexity index is 1100. The van der Waals surface area contributed by atoms with Gasteiger partial charge in [0.1, 0.15) is 16.3 Å². The zero-order valence-corrected chi connectivity index (χ0v) is 17.6. The lowest BCUT2D eigenvalue weighted by Crippen LogP contribution is -2.15. The van der Waals surface area contributed by atoms with Crippen LogP contribution in [-0.4, -0.2) is 59.2 Å². The van der Waals surface area contributed by atoms with E-state index in [0.717, 1.165) is 11.0 Å². The van der Waals surface area contributed by atoms with Crippen molar-refractivity contribution in [3.63, 3.8) is 0 Å². The smallest absolute Gasteiger partial charge is 0.188 e. The van der Waals surface area contributed by atoms with Gasteiger partial charge in [0, 0.05) is 39.6 Å². The van der Waals surface area contributed by atoms with Gasteiger partial charge in [-0.3, -0.25) is 0 Å². The summed E-state index contributed by atoms with van der Waals surface area (Å²) in [5.74, 6) is 0. The second kappa shape index (κ2) is 6.18. The van der Waals surface area contributed by atoms with Crippen LogP contribution in [0, 0.1) is 0 Å². The van der Waals surface area contributed by atoms with Gasteiger partial charge in [-0.25, -0.2) is 0 Å². The van der Waals surface area contributed by atoms with Crippen LogP contribution in [-0.2, 0) is 0 Å². The molecule has 0 amide bonds. The number of nitrogens with zero attached hydrogens (tertiary/aromatic N) is 5. The first-order chi connectivity index (χ1) is 13.5. The van der Waals surface area contributed by atoms with Crippen LogP contribution in [0.3, 0.4) is 0 Å². The molecule has 3 unspecified atom stereocenters. The molecule has 3 aromatic rings. The summed E-state index contributed by atoms with van der Waals surface area (Å²) in [6, 6.07) is 17.4. The Morgan fingerprint density at radius 1 is 0.893 bits per heavy atom. The van der Waals surface area contributed by atoms with E-state index in [2.05, 4.69) is 113 Å². The third-order valence-electron chi connectivity index (χ3n) is 5.92. The molecule has 2 aliphatic rings. The van der Waals surface area contributed by atoms with Gasteiger partial charge in [-0.2, -0.15) is 0 Å². The number of fused-ring (bicyclic) bond motifs is 2. The fraction of sp³-hybridized carbons (Fsp3) is 0.273. The van der Waals surface area contributed by atoms with E-state index >= 15 is 0 Å². The molecule has 3 atom stereocenters. The maximum atomic E-state index is 4.69. The van der Waals surface area contributed by atoms with Gasteiger partial charge >= 0.3 is 0 Å². The average Bonchev–Trinajstić information content (AvgIpc) is 3.17. The highest BCUT2D eigenvalue weighted by molar-refractivity contribution is 7.90. The predicted octanol–water partition coefficient (Wildman–Crippen LogP) is 3.37. The van der Waals surface area contributed by atoms with Crippen molar-refractivity contribution in [2.24, 2.45) is 0 Å². The third-order valence-corrected chi connectivity index (χ3v) is 10.4. The quantitative estimate of drug-likeness (QED) is 0.640. The molecule has 2 aromatic carbocycles. The molecule has 28 heavy (non-hydrogen) atoms. The molecule has 0 saturated carbocycles. The lowest BCUT2D eigenvalue weighted by atomic mass is 10.1. The second-order valence-corrected chi connectivity index (χ2v) is 11.5. The van der Waals surface area contributed by atoms with Crippen LogP contribution in [0.1, 0.15) is 0 Å². The van der Waals surface area contributed by atoms with Crippen molar-refractivity contribution in [1.82, 2.24) is 19.7 Å². The summed E-state index contributed by atoms with van der Waals surface area (Å²) in [5, 5.41) is 10.6. The highest BCUT2D eigenvalue weighted by Gasteiger charge is 2.77. The Hall–Kier alpha value is -2.65. The number of hydrogen-bond donors (Lipinski definition) is 0. The molecule has 0 radical (unpaired) electrons. The van der Waals surface area contributed by atoms with E-state index in [1.165, 1.54) is 16.7 Å². The zero-order chi connectivity index (χ0) is 19.5. The summed E-state index contributed by atoms with van der Waals surface area (Å²) in [7, 11) is 6.63. The molecular weight excluding hydrogens is 365 g/mol. The van der Waals surface area contributed by atoms with E-state index < -0.39 is 7.41 Å². The Morgan fingerprint density at radius 3 is 2.36 bits per heavy atom. The molecule has 0 bridgehead atoms. The molecule has 0 N–H and O–H groups in total. The first-order valence-corrected chi connectivity index (χ1v) is 11.5. The SMILES string of the molecule is CN(C)C1=CC2C(C=C1)[P+]2(c1ccc(N(C)C)cc1)n1nnc2ccccc21. The number of rotatable bonds is 4. The van der Waals surface area contributed by atoms with E-state index in [1.54, 1.807) is 0 Å². The van der Waals surface area contributed by atoms with Gasteiger partial charge in [0.15, 0.2) is 18.7 Å². The van der Waals surface area contributed by atoms with Crippen LogP contribution < -0.4 is 10.2 Å². The van der Waals surface area contributed by atoms with Crippen LogP contribution in [0.15, 0.2) is 72.5 Å². The Kier molecular flexibility index (Phi) is 3.85. The van der Waals surface area contributed by atoms with E-state index in [0.29, 0.717) is 11.3 Å². The minimum absolute atomic E-state index is 0.477. The molecule has 142 valence electrons. The molecule has 1 aliphatic heterocycles. The van der Waals surface area contributed by atoms with Crippen LogP contribution in [0.4, 0.5) is 5.69 Å². The molecule has 5 nitrogen and oxygen atoms in total. The number of hydrogen-bond acceptors (Lipinski definition) is 4. The summed E-state index contributed by atoms with van der Waals surface area (Å²) in [6.45, 7) is 0. The van der Waals surface area contributed by atoms with Crippen LogP contribution >= 0.6 is 7.41 Å². The molecule has 6 heteroatoms. The van der Waals surface area contributed by atoms with Gasteiger partial charge in [-0.05, 0) is 59.8 Å². The van der Waals surface area contributed by atoms with Crippen molar-refractivity contribution >= 4 is 29.4 Å². The van der Waals surface area contributed by atoms with Crippen LogP contribution in [0.25, 0.3) is 11.0 Å². The molecular formula is C22H25N5P+. The van der Waals surface area contributed by atoms with E-state index in [-0.39, 0.29) is 0 Å². The standard InChI is InChI=1S/C22H25N5P/c1-25(2)16-9-12-18(13-10-16)28(21-14-11-17(26(3)4)15-22(21)28)27-20-8-6-5-7-19(20)23-24-27/h5-15,21-22H,1-4H3/q+1. The van der Waals surface area contributed by atoms with E-state index in [4.69, 9.17) is 0 Å². The molecule has 2 heterocycles. The zero-order valence-electron chi connectivity index (χ0n) is 16.7. The molecule has 1 saturated heterocycles. The van der Waals surface area contributed by atoms with E-state index in [1.807, 2.05) is 6.07 Å². The summed E-state index contributed by atoms with van der Waals surface area (Å²) in [5.41, 5.74) is 5.57. The van der Waals surface area contributed by atoms with Crippen LogP contribution in [0.2, 0.25) is 0 Å². The van der Waals surface area contributed by atoms with Crippen molar-refractivity contribution in [2.45, 2.75) is 11.3 Å². The molecule has 1 fully saturated rings. The monoisotopic (exact) mass is 390 g/mol. The minimum Gasteiger partial charge on any atom is -0.378 e. The number of anilines is 1. The maximum absolute atomic E-state index is 4.69. The fourth-order valence-corrected chi connectivity index (χ4v) is 9.14. The summed E-state index contributed by atoms with van der Waals surface area (Å²) in [4.78, 5) is 4.33. The molecule has 1 aliphatic carbocycles. The van der Waals surface area contributed by atoms with Gasteiger partial charge < -0.3 is 9.80 Å². The Balaban J connectivity index is 1.70. The lowest BCUT2D eigenvalue weighted by molar-refractivity contribution is 0.526. The van der Waals surface area contributed by atoms with Gasteiger partial charge in [0.2, 0.25) is 0 Å². The van der Waals surface area contributed by atoms with Crippen molar-refractivity contribution < 1.29 is 0 Å². The molecule has 1 aromatic heterocycles. The summed E-state index contributed by atoms with van der Waals surface area (Å²) >= 11 is 0. The normalized spacial score (nSPS) is 25.4. The maximum Gasteiger partial charge on any atom is 0.188 e. The average molecular weight is 390 g/mol. The second-order valence-electron chi connectivity index (χ2n) is 7.94. The lowest BCUT2D eigenvalue weighted by Gasteiger charge is -2.15. The number of benzene rings is 2. The first-order valence-electron chi connectivity index (χ1n) is 9.58. The van der Waals surface area contributed by atoms with Crippen molar-refractivity contribution in [2.75, 3.05) is 33.1 Å². The number of aromatic nitrogens is 3. The van der Waals surface area contributed by atoms with Crippen molar-refractivity contribution in [3.05, 3.63) is 72.5 Å². The summed E-state index contributed by atoms with van der Waals surface area (Å²) < 4.78 is 2.27. The van der Waals surface area contributed by atoms with Gasteiger partial charge in [-0.15, -0.1) is 9.55 Å². The molecule has 0 spiro atoms. The summed E-state index contributed by atoms with van der Waals surface area (Å²) in [6.07, 6.45) is 7.09. The fourth-order valence-electron chi connectivity index (χ4n) is 4.36. The largest absolute Gasteiger partial charge is 0.378 e. The first kappa shape index (κ1) is 17.4. The van der Waals surface area contributed by atoms with Gasteiger partial charge in [-0.1, -0.05) is 12.1 Å². The Labute approximate surface area is 166 Å². The number of likely N-dealkylation sites (N-methyl/N-ethyl adjacent to an activating group) is 1. The third kappa shape index (κ3) is 2.36. The number of allylic oxidation sites excluding steroid dienone is 3. The van der Waals surface area contributed by atoms with Crippen molar-refractivity contribution in [3.8, 4) is 0 Å². The van der Waals surface area contributed by atoms with Gasteiger partial charge in [0.25, 0.3) is 0 Å². The topological polar surface area (TPSA) is 37.2 Å². The predicted molar refractivity (Wildman–Crippen MR) is 119 cm³/mol.